The van der Waals surface area contributed by atoms with Crippen LogP contribution in [0.15, 0.2) is 22.7 Å². The van der Waals surface area contributed by atoms with Crippen LogP contribution in [-0.4, -0.2) is 35.7 Å². The highest BCUT2D eigenvalue weighted by molar-refractivity contribution is 14.1. The van der Waals surface area contributed by atoms with Crippen LogP contribution in [0, 0.1) is 3.57 Å². The largest absolute Gasteiger partial charge is 0.340 e. The number of halogens is 2. The van der Waals surface area contributed by atoms with Crippen molar-refractivity contribution in [2.45, 2.75) is 18.9 Å². The Hall–Kier alpha value is -0.960. The fourth-order valence-corrected chi connectivity index (χ4v) is 2.87. The number of nitrogens with one attached hydrogen (secondary N) is 1. The van der Waals surface area contributed by atoms with Gasteiger partial charge in [-0.1, -0.05) is 0 Å². The topological polar surface area (TPSA) is 66.5 Å². The van der Waals surface area contributed by atoms with Crippen LogP contribution >= 0.6 is 38.5 Å². The second-order valence-corrected chi connectivity index (χ2v) is 6.58. The molecule has 5 nitrogen and oxygen atoms in total. The van der Waals surface area contributed by atoms with Gasteiger partial charge in [0, 0.05) is 21.5 Å². The van der Waals surface area contributed by atoms with Gasteiger partial charge in [0.05, 0.1) is 5.56 Å². The van der Waals surface area contributed by atoms with Gasteiger partial charge in [0.2, 0.25) is 5.91 Å². The SMILES string of the molecule is CN1C(=O)CCC(NC(=O)c2cc(I)ccc2Br)C1=O. The Bertz CT molecular complexity index is 591. The number of rotatable bonds is 2. The normalized spacial score (nSPS) is 19.1. The first kappa shape index (κ1) is 15.4. The van der Waals surface area contributed by atoms with Crippen LogP contribution in [0.4, 0.5) is 0 Å². The Morgan fingerprint density at radius 1 is 1.45 bits per heavy atom. The molecule has 1 fully saturated rings. The van der Waals surface area contributed by atoms with Gasteiger partial charge in [0.1, 0.15) is 6.04 Å². The first-order valence-electron chi connectivity index (χ1n) is 5.96. The maximum absolute atomic E-state index is 12.2. The van der Waals surface area contributed by atoms with Crippen LogP contribution in [0.25, 0.3) is 0 Å². The average Bonchev–Trinajstić information content (AvgIpc) is 2.42. The summed E-state index contributed by atoms with van der Waals surface area (Å²) >= 11 is 5.43. The van der Waals surface area contributed by atoms with Gasteiger partial charge in [-0.05, 0) is 63.1 Å². The van der Waals surface area contributed by atoms with Crippen molar-refractivity contribution in [2.24, 2.45) is 0 Å². The maximum atomic E-state index is 12.2. The highest BCUT2D eigenvalue weighted by Gasteiger charge is 2.33. The number of amides is 3. The third-order valence-corrected chi connectivity index (χ3v) is 4.49. The molecule has 1 N–H and O–H groups in total. The molecule has 1 saturated heterocycles. The molecule has 0 bridgehead atoms. The summed E-state index contributed by atoms with van der Waals surface area (Å²) in [6.45, 7) is 0. The zero-order chi connectivity index (χ0) is 14.9. The number of likely N-dealkylation sites (tertiary alicyclic amines) is 1. The molecule has 2 rings (SSSR count). The second-order valence-electron chi connectivity index (χ2n) is 4.48. The van der Waals surface area contributed by atoms with Crippen molar-refractivity contribution in [3.8, 4) is 0 Å². The molecule has 0 spiro atoms. The molecule has 1 aromatic rings. The second kappa shape index (κ2) is 6.21. The third kappa shape index (κ3) is 3.20. The molecule has 106 valence electrons. The first-order valence-corrected chi connectivity index (χ1v) is 7.83. The molecule has 1 unspecified atom stereocenters. The first-order chi connectivity index (χ1) is 9.40. The fourth-order valence-electron chi connectivity index (χ4n) is 1.96. The van der Waals surface area contributed by atoms with Gasteiger partial charge in [0.15, 0.2) is 0 Å². The van der Waals surface area contributed by atoms with Gasteiger partial charge in [-0.3, -0.25) is 19.3 Å². The predicted molar refractivity (Wildman–Crippen MR) is 85.1 cm³/mol. The number of carbonyl (C=O) groups excluding carboxylic acids is 3. The van der Waals surface area contributed by atoms with E-state index in [1.165, 1.54) is 7.05 Å². The molecule has 1 aliphatic heterocycles. The molecule has 1 aliphatic rings. The summed E-state index contributed by atoms with van der Waals surface area (Å²) in [4.78, 5) is 36.6. The van der Waals surface area contributed by atoms with Crippen LogP contribution in [0.5, 0.6) is 0 Å². The van der Waals surface area contributed by atoms with Gasteiger partial charge in [-0.2, -0.15) is 0 Å². The number of nitrogens with zero attached hydrogens (tertiary/aromatic N) is 1. The van der Waals surface area contributed by atoms with Crippen LogP contribution < -0.4 is 5.32 Å². The zero-order valence-corrected chi connectivity index (χ0v) is 14.4. The standard InChI is InChI=1S/C13H12BrIN2O3/c1-17-11(18)5-4-10(13(17)20)16-12(19)8-6-7(15)2-3-9(8)14/h2-3,6,10H,4-5H2,1H3,(H,16,19). The number of benzene rings is 1. The quantitative estimate of drug-likeness (QED) is 0.553. The van der Waals surface area contributed by atoms with Crippen molar-refractivity contribution in [3.63, 3.8) is 0 Å². The zero-order valence-electron chi connectivity index (χ0n) is 10.7. The predicted octanol–water partition coefficient (Wildman–Crippen LogP) is 1.93. The van der Waals surface area contributed by atoms with Crippen molar-refractivity contribution in [1.82, 2.24) is 10.2 Å². The van der Waals surface area contributed by atoms with Crippen molar-refractivity contribution in [3.05, 3.63) is 31.8 Å². The number of hydrogen-bond donors (Lipinski definition) is 1. The molecule has 20 heavy (non-hydrogen) atoms. The van der Waals surface area contributed by atoms with Crippen molar-refractivity contribution in [1.29, 1.82) is 0 Å². The summed E-state index contributed by atoms with van der Waals surface area (Å²) in [5, 5.41) is 2.69. The molecule has 3 amide bonds. The van der Waals surface area contributed by atoms with Gasteiger partial charge in [-0.15, -0.1) is 0 Å². The van der Waals surface area contributed by atoms with E-state index in [4.69, 9.17) is 0 Å². The van der Waals surface area contributed by atoms with E-state index >= 15 is 0 Å². The van der Waals surface area contributed by atoms with Gasteiger partial charge in [0.25, 0.3) is 11.8 Å². The smallest absolute Gasteiger partial charge is 0.253 e. The summed E-state index contributed by atoms with van der Waals surface area (Å²) in [7, 11) is 1.43. The summed E-state index contributed by atoms with van der Waals surface area (Å²) < 4.78 is 1.60. The summed E-state index contributed by atoms with van der Waals surface area (Å²) in [6, 6.07) is 4.76. The minimum atomic E-state index is -0.644. The van der Waals surface area contributed by atoms with Crippen LogP contribution in [0.2, 0.25) is 0 Å². The molecule has 0 radical (unpaired) electrons. The third-order valence-electron chi connectivity index (χ3n) is 3.13. The molecule has 1 heterocycles. The number of hydrogen-bond acceptors (Lipinski definition) is 3. The number of likely N-dealkylation sites (N-methyl/N-ethyl adjacent to an activating group) is 1. The molecule has 7 heteroatoms. The Labute approximate surface area is 138 Å². The van der Waals surface area contributed by atoms with E-state index in [2.05, 4.69) is 43.8 Å². The lowest BCUT2D eigenvalue weighted by Crippen LogP contribution is -2.52. The van der Waals surface area contributed by atoms with E-state index in [-0.39, 0.29) is 24.1 Å². The van der Waals surface area contributed by atoms with Crippen molar-refractivity contribution in [2.75, 3.05) is 7.05 Å². The van der Waals surface area contributed by atoms with E-state index in [1.807, 2.05) is 6.07 Å². The lowest BCUT2D eigenvalue weighted by atomic mass is 10.0. The van der Waals surface area contributed by atoms with Gasteiger partial charge in [-0.25, -0.2) is 0 Å². The summed E-state index contributed by atoms with van der Waals surface area (Å²) in [6.07, 6.45) is 0.607. The highest BCUT2D eigenvalue weighted by Crippen LogP contribution is 2.20. The molecule has 0 aliphatic carbocycles. The lowest BCUT2D eigenvalue weighted by molar-refractivity contribution is -0.147. The molecular weight excluding hydrogens is 439 g/mol. The molecule has 1 aromatic carbocycles. The van der Waals surface area contributed by atoms with Crippen molar-refractivity contribution >= 4 is 56.2 Å². The summed E-state index contributed by atoms with van der Waals surface area (Å²) in [5.74, 6) is -0.899. The number of imide groups is 1. The van der Waals surface area contributed by atoms with Crippen LogP contribution in [0.3, 0.4) is 0 Å². The lowest BCUT2D eigenvalue weighted by Gasteiger charge is -2.28. The Morgan fingerprint density at radius 3 is 2.85 bits per heavy atom. The average molecular weight is 451 g/mol. The van der Waals surface area contributed by atoms with E-state index < -0.39 is 6.04 Å². The highest BCUT2D eigenvalue weighted by atomic mass is 127. The maximum Gasteiger partial charge on any atom is 0.253 e. The van der Waals surface area contributed by atoms with Gasteiger partial charge < -0.3 is 5.32 Å². The molecule has 0 aromatic heterocycles. The van der Waals surface area contributed by atoms with Gasteiger partial charge >= 0.3 is 0 Å². The molecule has 0 saturated carbocycles. The Morgan fingerprint density at radius 2 is 2.15 bits per heavy atom. The summed E-state index contributed by atoms with van der Waals surface area (Å²) in [5.41, 5.74) is 0.476. The van der Waals surface area contributed by atoms with Crippen LogP contribution in [0.1, 0.15) is 23.2 Å². The van der Waals surface area contributed by atoms with E-state index in [0.717, 1.165) is 8.47 Å². The minimum absolute atomic E-state index is 0.212. The van der Waals surface area contributed by atoms with E-state index in [0.29, 0.717) is 16.5 Å². The number of piperidine rings is 1. The Balaban J connectivity index is 2.14. The molecular formula is C13H12BrIN2O3. The monoisotopic (exact) mass is 450 g/mol. The Kier molecular flexibility index (Phi) is 4.79. The van der Waals surface area contributed by atoms with E-state index in [9.17, 15) is 14.4 Å². The fraction of sp³-hybridized carbons (Fsp3) is 0.308. The van der Waals surface area contributed by atoms with Crippen LogP contribution in [-0.2, 0) is 9.59 Å². The molecule has 1 atom stereocenters. The minimum Gasteiger partial charge on any atom is -0.340 e. The number of carbonyl (C=O) groups is 3. The van der Waals surface area contributed by atoms with E-state index in [1.54, 1.807) is 12.1 Å². The van der Waals surface area contributed by atoms with Crippen molar-refractivity contribution < 1.29 is 14.4 Å².